The van der Waals surface area contributed by atoms with Crippen LogP contribution in [0, 0.1) is 17.8 Å². The van der Waals surface area contributed by atoms with Gasteiger partial charge in [0.2, 0.25) is 11.8 Å². The average molecular weight is 360 g/mol. The highest BCUT2D eigenvalue weighted by molar-refractivity contribution is 5.93. The van der Waals surface area contributed by atoms with Crippen molar-refractivity contribution in [2.45, 2.75) is 56.3 Å². The summed E-state index contributed by atoms with van der Waals surface area (Å²) in [5.74, 6) is -0.266. The van der Waals surface area contributed by atoms with Crippen molar-refractivity contribution >= 4 is 11.8 Å². The molecular weight excluding hydrogens is 332 g/mol. The van der Waals surface area contributed by atoms with Gasteiger partial charge in [-0.05, 0) is 38.0 Å². The molecular formula is C20H28N2O4. The number of likely N-dealkylation sites (tertiary alicyclic amines) is 2. The first-order valence-corrected chi connectivity index (χ1v) is 10.1. The molecule has 26 heavy (non-hydrogen) atoms. The maximum atomic E-state index is 13.3. The first-order chi connectivity index (χ1) is 12.5. The fraction of sp³-hybridized carbons (Fsp3) is 0.800. The number of aliphatic hydroxyl groups is 1. The molecule has 4 atom stereocenters. The molecule has 0 aromatic carbocycles. The third-order valence-electron chi connectivity index (χ3n) is 7.29. The maximum Gasteiger partial charge on any atom is 0.230 e. The van der Waals surface area contributed by atoms with E-state index in [1.54, 1.807) is 0 Å². The lowest BCUT2D eigenvalue weighted by molar-refractivity contribution is -0.144. The molecule has 5 rings (SSSR count). The van der Waals surface area contributed by atoms with E-state index in [1.165, 1.54) is 0 Å². The molecule has 0 aromatic heterocycles. The number of fused-ring (bicyclic) bond motifs is 1. The van der Waals surface area contributed by atoms with E-state index in [0.717, 1.165) is 38.6 Å². The molecule has 6 nitrogen and oxygen atoms in total. The molecule has 5 aliphatic rings. The fourth-order valence-electron chi connectivity index (χ4n) is 5.70. The summed E-state index contributed by atoms with van der Waals surface area (Å²) in [6.07, 6.45) is 8.20. The number of hydrogen-bond acceptors (Lipinski definition) is 4. The number of rotatable bonds is 4. The van der Waals surface area contributed by atoms with Gasteiger partial charge >= 0.3 is 0 Å². The van der Waals surface area contributed by atoms with Crippen molar-refractivity contribution in [3.05, 3.63) is 12.2 Å². The summed E-state index contributed by atoms with van der Waals surface area (Å²) in [6.45, 7) is 4.74. The molecule has 0 unspecified atom stereocenters. The van der Waals surface area contributed by atoms with Crippen LogP contribution < -0.4 is 0 Å². The smallest absolute Gasteiger partial charge is 0.230 e. The second-order valence-electron chi connectivity index (χ2n) is 8.86. The van der Waals surface area contributed by atoms with Gasteiger partial charge in [0.1, 0.15) is 5.60 Å². The van der Waals surface area contributed by atoms with Crippen LogP contribution in [0.15, 0.2) is 12.2 Å². The highest BCUT2D eigenvalue weighted by atomic mass is 16.5. The van der Waals surface area contributed by atoms with E-state index in [0.29, 0.717) is 25.6 Å². The monoisotopic (exact) mass is 360 g/mol. The van der Waals surface area contributed by atoms with Gasteiger partial charge in [0.15, 0.2) is 0 Å². The summed E-state index contributed by atoms with van der Waals surface area (Å²) in [7, 11) is 0. The fourth-order valence-corrected chi connectivity index (χ4v) is 5.70. The van der Waals surface area contributed by atoms with E-state index in [9.17, 15) is 14.7 Å². The maximum absolute atomic E-state index is 13.3. The molecule has 6 heteroatoms. The predicted molar refractivity (Wildman–Crippen MR) is 94.1 cm³/mol. The Morgan fingerprint density at radius 3 is 2.73 bits per heavy atom. The van der Waals surface area contributed by atoms with Crippen LogP contribution in [0.3, 0.4) is 0 Å². The molecule has 0 aromatic rings. The van der Waals surface area contributed by atoms with Gasteiger partial charge in [0, 0.05) is 19.6 Å². The Hall–Kier alpha value is -1.40. The lowest BCUT2D eigenvalue weighted by Gasteiger charge is -2.37. The van der Waals surface area contributed by atoms with Crippen molar-refractivity contribution < 1.29 is 19.4 Å². The highest BCUT2D eigenvalue weighted by Crippen LogP contribution is 2.53. The van der Waals surface area contributed by atoms with Gasteiger partial charge in [0.25, 0.3) is 0 Å². The van der Waals surface area contributed by atoms with Crippen molar-refractivity contribution in [1.29, 1.82) is 0 Å². The van der Waals surface area contributed by atoms with Crippen molar-refractivity contribution in [1.82, 2.24) is 9.80 Å². The molecule has 1 N–H and O–H groups in total. The number of piperidine rings is 1. The van der Waals surface area contributed by atoms with Crippen molar-refractivity contribution in [3.8, 4) is 0 Å². The van der Waals surface area contributed by atoms with Crippen molar-refractivity contribution in [2.75, 3.05) is 26.2 Å². The summed E-state index contributed by atoms with van der Waals surface area (Å²) in [5, 5.41) is 10.3. The summed E-state index contributed by atoms with van der Waals surface area (Å²) >= 11 is 0. The minimum atomic E-state index is -0.585. The Morgan fingerprint density at radius 1 is 1.35 bits per heavy atom. The van der Waals surface area contributed by atoms with Gasteiger partial charge in [-0.1, -0.05) is 19.1 Å². The van der Waals surface area contributed by atoms with Crippen LogP contribution in [0.5, 0.6) is 0 Å². The zero-order valence-electron chi connectivity index (χ0n) is 15.4. The quantitative estimate of drug-likeness (QED) is 0.758. The SMILES string of the molecule is CCCN1C[C@]23C=C[C@H](O2)[C@H](C(=O)N2CCC(C4(O)CC4)CC2)[C@@H]3C1=O. The Kier molecular flexibility index (Phi) is 3.58. The minimum absolute atomic E-state index is 0.0687. The van der Waals surface area contributed by atoms with E-state index in [1.807, 2.05) is 22.0 Å². The lowest BCUT2D eigenvalue weighted by Crippen LogP contribution is -2.49. The van der Waals surface area contributed by atoms with Crippen LogP contribution in [0.1, 0.15) is 39.0 Å². The first-order valence-electron chi connectivity index (χ1n) is 10.1. The molecule has 1 spiro atoms. The lowest BCUT2D eigenvalue weighted by atomic mass is 9.76. The Balaban J connectivity index is 1.32. The summed E-state index contributed by atoms with van der Waals surface area (Å²) in [4.78, 5) is 30.0. The van der Waals surface area contributed by atoms with E-state index in [-0.39, 0.29) is 29.8 Å². The normalized spacial score (nSPS) is 40.4. The topological polar surface area (TPSA) is 70.1 Å². The van der Waals surface area contributed by atoms with E-state index in [2.05, 4.69) is 6.92 Å². The van der Waals surface area contributed by atoms with Crippen LogP contribution in [0.2, 0.25) is 0 Å². The second-order valence-corrected chi connectivity index (χ2v) is 8.86. The Morgan fingerprint density at radius 2 is 2.08 bits per heavy atom. The number of carbonyl (C=O) groups excluding carboxylic acids is 2. The number of nitrogens with zero attached hydrogens (tertiary/aromatic N) is 2. The second kappa shape index (κ2) is 5.55. The van der Waals surface area contributed by atoms with Gasteiger partial charge in [0.05, 0.1) is 30.1 Å². The first kappa shape index (κ1) is 16.8. The zero-order chi connectivity index (χ0) is 18.1. The van der Waals surface area contributed by atoms with Gasteiger partial charge in [-0.15, -0.1) is 0 Å². The molecule has 2 bridgehead atoms. The molecule has 1 saturated carbocycles. The standard InChI is InChI=1S/C20H28N2O4/c1-2-9-22-12-20-6-3-14(26-20)15(16(20)18(22)24)17(23)21-10-4-13(5-11-21)19(25)7-8-19/h3,6,13-16,25H,2,4-5,7-12H2,1H3/t14-,15-,16+,20-/m0/s1. The summed E-state index contributed by atoms with van der Waals surface area (Å²) in [6, 6.07) is 0. The molecule has 2 amide bonds. The van der Waals surface area contributed by atoms with E-state index in [4.69, 9.17) is 4.74 Å². The number of carbonyl (C=O) groups is 2. The number of ether oxygens (including phenoxy) is 1. The van der Waals surface area contributed by atoms with Crippen molar-refractivity contribution in [2.24, 2.45) is 17.8 Å². The average Bonchev–Trinajstić information content (AvgIpc) is 3.03. The number of hydrogen-bond donors (Lipinski definition) is 1. The third-order valence-corrected chi connectivity index (χ3v) is 7.29. The Labute approximate surface area is 154 Å². The third kappa shape index (κ3) is 2.24. The van der Waals surface area contributed by atoms with Gasteiger partial charge in [-0.25, -0.2) is 0 Å². The molecule has 4 fully saturated rings. The summed E-state index contributed by atoms with van der Waals surface area (Å²) in [5.41, 5.74) is -1.04. The van der Waals surface area contributed by atoms with Gasteiger partial charge in [-0.3, -0.25) is 9.59 Å². The van der Waals surface area contributed by atoms with Gasteiger partial charge < -0.3 is 19.6 Å². The van der Waals surface area contributed by atoms with Crippen LogP contribution >= 0.6 is 0 Å². The number of amides is 2. The van der Waals surface area contributed by atoms with Crippen molar-refractivity contribution in [3.63, 3.8) is 0 Å². The predicted octanol–water partition coefficient (Wildman–Crippen LogP) is 0.942. The van der Waals surface area contributed by atoms with E-state index < -0.39 is 11.2 Å². The molecule has 4 aliphatic heterocycles. The largest absolute Gasteiger partial charge is 0.390 e. The van der Waals surface area contributed by atoms with Gasteiger partial charge in [-0.2, -0.15) is 0 Å². The molecule has 3 saturated heterocycles. The van der Waals surface area contributed by atoms with Crippen LogP contribution in [-0.4, -0.2) is 70.2 Å². The Bertz CT molecular complexity index is 665. The minimum Gasteiger partial charge on any atom is -0.390 e. The summed E-state index contributed by atoms with van der Waals surface area (Å²) < 4.78 is 6.18. The highest BCUT2D eigenvalue weighted by Gasteiger charge is 2.67. The van der Waals surface area contributed by atoms with Crippen LogP contribution in [0.4, 0.5) is 0 Å². The molecule has 0 radical (unpaired) electrons. The molecule has 142 valence electrons. The van der Waals surface area contributed by atoms with Crippen LogP contribution in [0.25, 0.3) is 0 Å². The van der Waals surface area contributed by atoms with Crippen LogP contribution in [-0.2, 0) is 14.3 Å². The van der Waals surface area contributed by atoms with E-state index >= 15 is 0 Å². The molecule has 1 aliphatic carbocycles. The zero-order valence-corrected chi connectivity index (χ0v) is 15.4. The molecule has 4 heterocycles.